The van der Waals surface area contributed by atoms with Crippen LogP contribution in [0.15, 0.2) is 17.5 Å². The van der Waals surface area contributed by atoms with Crippen molar-refractivity contribution in [3.05, 3.63) is 22.4 Å². The molecule has 0 saturated heterocycles. The van der Waals surface area contributed by atoms with Gasteiger partial charge in [0.1, 0.15) is 5.69 Å². The normalized spacial score (nSPS) is 12.4. The first-order valence-electron chi connectivity index (χ1n) is 5.29. The quantitative estimate of drug-likeness (QED) is 0.799. The minimum atomic E-state index is -0.335. The Morgan fingerprint density at radius 1 is 1.59 bits per heavy atom. The molecule has 6 heteroatoms. The number of hydrogen-bond acceptors (Lipinski definition) is 6. The Bertz CT molecular complexity index is 493. The van der Waals surface area contributed by atoms with Crippen molar-refractivity contribution in [2.45, 2.75) is 26.4 Å². The summed E-state index contributed by atoms with van der Waals surface area (Å²) in [4.78, 5) is 13.3. The van der Waals surface area contributed by atoms with Crippen LogP contribution in [0.4, 0.5) is 0 Å². The average molecular weight is 268 g/mol. The summed E-state index contributed by atoms with van der Waals surface area (Å²) in [5.74, 6) is -0.335. The Hall–Kier alpha value is -1.27. The van der Waals surface area contributed by atoms with E-state index in [1.54, 1.807) is 0 Å². The highest BCUT2D eigenvalue weighted by atomic mass is 32.1. The number of carbonyl (C=O) groups is 1. The summed E-state index contributed by atoms with van der Waals surface area (Å²) in [5.41, 5.74) is 0.623. The lowest BCUT2D eigenvalue weighted by Crippen LogP contribution is -2.13. The van der Waals surface area contributed by atoms with Gasteiger partial charge < -0.3 is 4.74 Å². The maximum Gasteiger partial charge on any atom is 0.352 e. The lowest BCUT2D eigenvalue weighted by Gasteiger charge is -2.09. The summed E-state index contributed by atoms with van der Waals surface area (Å²) in [6.45, 7) is 3.85. The number of nitrogens with zero attached hydrogens (tertiary/aromatic N) is 2. The number of ether oxygens (including phenoxy) is 1. The summed E-state index contributed by atoms with van der Waals surface area (Å²) in [6, 6.07) is 3.84. The van der Waals surface area contributed by atoms with Crippen LogP contribution in [-0.4, -0.2) is 21.7 Å². The third-order valence-corrected chi connectivity index (χ3v) is 3.89. The van der Waals surface area contributed by atoms with E-state index in [2.05, 4.69) is 9.59 Å². The Balaban J connectivity index is 2.22. The lowest BCUT2D eigenvalue weighted by atomic mass is 10.3. The standard InChI is InChI=1S/C11H12N2O2S2/c1-3-7(2)15-11(14)10-9(12-13-17-10)8-5-4-6-16-8/h4-7H,3H2,1-2H3/t7-/m0/s1. The van der Waals surface area contributed by atoms with Crippen molar-refractivity contribution < 1.29 is 9.53 Å². The maximum absolute atomic E-state index is 11.9. The van der Waals surface area contributed by atoms with Gasteiger partial charge in [-0.3, -0.25) is 0 Å². The van der Waals surface area contributed by atoms with Crippen molar-refractivity contribution in [3.8, 4) is 10.6 Å². The van der Waals surface area contributed by atoms with Gasteiger partial charge in [0.15, 0.2) is 4.88 Å². The first-order chi connectivity index (χ1) is 8.22. The molecule has 0 saturated carbocycles. The molecule has 2 aromatic heterocycles. The van der Waals surface area contributed by atoms with Crippen LogP contribution in [0.3, 0.4) is 0 Å². The van der Waals surface area contributed by atoms with Gasteiger partial charge in [-0.2, -0.15) is 0 Å². The van der Waals surface area contributed by atoms with Crippen LogP contribution in [0, 0.1) is 0 Å². The third-order valence-electron chi connectivity index (χ3n) is 2.31. The van der Waals surface area contributed by atoms with Gasteiger partial charge in [-0.1, -0.05) is 17.5 Å². The Kier molecular flexibility index (Phi) is 3.86. The monoisotopic (exact) mass is 268 g/mol. The van der Waals surface area contributed by atoms with Gasteiger partial charge in [0.2, 0.25) is 0 Å². The van der Waals surface area contributed by atoms with Crippen LogP contribution in [-0.2, 0) is 4.74 Å². The van der Waals surface area contributed by atoms with E-state index in [9.17, 15) is 4.79 Å². The average Bonchev–Trinajstić information content (AvgIpc) is 2.98. The summed E-state index contributed by atoms with van der Waals surface area (Å²) in [7, 11) is 0. The summed E-state index contributed by atoms with van der Waals surface area (Å²) in [6.07, 6.45) is 0.715. The summed E-state index contributed by atoms with van der Waals surface area (Å²) >= 11 is 2.61. The van der Waals surface area contributed by atoms with Crippen molar-refractivity contribution in [3.63, 3.8) is 0 Å². The highest BCUT2D eigenvalue weighted by molar-refractivity contribution is 7.14. The SMILES string of the molecule is CC[C@H](C)OC(=O)c1snnc1-c1cccs1. The van der Waals surface area contributed by atoms with Crippen LogP contribution in [0.5, 0.6) is 0 Å². The third kappa shape index (κ3) is 2.70. The number of hydrogen-bond donors (Lipinski definition) is 0. The molecule has 0 aliphatic rings. The second kappa shape index (κ2) is 5.37. The molecule has 0 radical (unpaired) electrons. The predicted molar refractivity (Wildman–Crippen MR) is 68.4 cm³/mol. The molecule has 0 fully saturated rings. The lowest BCUT2D eigenvalue weighted by molar-refractivity contribution is 0.0341. The van der Waals surface area contributed by atoms with E-state index >= 15 is 0 Å². The van der Waals surface area contributed by atoms with E-state index in [1.165, 1.54) is 11.3 Å². The van der Waals surface area contributed by atoms with E-state index in [4.69, 9.17) is 4.74 Å². The molecule has 0 spiro atoms. The number of thiophene rings is 1. The second-order valence-electron chi connectivity index (χ2n) is 3.55. The second-order valence-corrected chi connectivity index (χ2v) is 5.25. The largest absolute Gasteiger partial charge is 0.458 e. The number of rotatable bonds is 4. The number of aromatic nitrogens is 2. The highest BCUT2D eigenvalue weighted by Gasteiger charge is 2.21. The first-order valence-corrected chi connectivity index (χ1v) is 6.95. The van der Waals surface area contributed by atoms with Gasteiger partial charge in [-0.05, 0) is 36.3 Å². The van der Waals surface area contributed by atoms with Crippen LogP contribution in [0.2, 0.25) is 0 Å². The van der Waals surface area contributed by atoms with E-state index in [-0.39, 0.29) is 12.1 Å². The zero-order valence-electron chi connectivity index (χ0n) is 9.54. The smallest absolute Gasteiger partial charge is 0.352 e. The molecule has 2 rings (SSSR count). The number of esters is 1. The summed E-state index contributed by atoms with van der Waals surface area (Å²) in [5, 5.41) is 5.93. The van der Waals surface area contributed by atoms with Crippen molar-refractivity contribution in [1.82, 2.24) is 9.59 Å². The fraction of sp³-hybridized carbons (Fsp3) is 0.364. The van der Waals surface area contributed by atoms with Crippen molar-refractivity contribution >= 4 is 28.8 Å². The van der Waals surface area contributed by atoms with Crippen LogP contribution in [0.1, 0.15) is 29.9 Å². The molecule has 4 nitrogen and oxygen atoms in total. The molecular formula is C11H12N2O2S2. The van der Waals surface area contributed by atoms with Gasteiger partial charge >= 0.3 is 5.97 Å². The van der Waals surface area contributed by atoms with Gasteiger partial charge in [0.05, 0.1) is 11.0 Å². The Morgan fingerprint density at radius 2 is 2.41 bits per heavy atom. The molecule has 0 aromatic carbocycles. The molecule has 0 aliphatic carbocycles. The van der Waals surface area contributed by atoms with E-state index in [1.807, 2.05) is 31.4 Å². The van der Waals surface area contributed by atoms with Gasteiger partial charge in [-0.15, -0.1) is 16.4 Å². The first kappa shape index (κ1) is 12.2. The van der Waals surface area contributed by atoms with Crippen molar-refractivity contribution in [2.75, 3.05) is 0 Å². The fourth-order valence-corrected chi connectivity index (χ4v) is 2.56. The molecule has 1 atom stereocenters. The molecular weight excluding hydrogens is 256 g/mol. The minimum absolute atomic E-state index is 0.0826. The van der Waals surface area contributed by atoms with Crippen LogP contribution < -0.4 is 0 Å². The molecule has 17 heavy (non-hydrogen) atoms. The van der Waals surface area contributed by atoms with Crippen molar-refractivity contribution in [1.29, 1.82) is 0 Å². The van der Waals surface area contributed by atoms with Gasteiger partial charge in [0.25, 0.3) is 0 Å². The highest BCUT2D eigenvalue weighted by Crippen LogP contribution is 2.28. The minimum Gasteiger partial charge on any atom is -0.458 e. The Morgan fingerprint density at radius 3 is 3.06 bits per heavy atom. The van der Waals surface area contributed by atoms with E-state index < -0.39 is 0 Å². The molecule has 0 N–H and O–H groups in total. The molecule has 2 aromatic rings. The summed E-state index contributed by atoms with van der Waals surface area (Å²) < 4.78 is 9.11. The van der Waals surface area contributed by atoms with Crippen molar-refractivity contribution in [2.24, 2.45) is 0 Å². The number of carbonyl (C=O) groups excluding carboxylic acids is 1. The van der Waals surface area contributed by atoms with Gasteiger partial charge in [-0.25, -0.2) is 4.79 Å². The Labute approximate surface area is 107 Å². The van der Waals surface area contributed by atoms with Crippen LogP contribution >= 0.6 is 22.9 Å². The molecule has 2 heterocycles. The molecule has 0 amide bonds. The van der Waals surface area contributed by atoms with E-state index in [0.29, 0.717) is 10.6 Å². The zero-order valence-corrected chi connectivity index (χ0v) is 11.2. The molecule has 0 aliphatic heterocycles. The maximum atomic E-state index is 11.9. The molecule has 90 valence electrons. The molecule has 0 bridgehead atoms. The van der Waals surface area contributed by atoms with Gasteiger partial charge in [0, 0.05) is 0 Å². The van der Waals surface area contributed by atoms with E-state index in [0.717, 1.165) is 22.8 Å². The molecule has 0 unspecified atom stereocenters. The fourth-order valence-electron chi connectivity index (χ4n) is 1.22. The zero-order chi connectivity index (χ0) is 12.3. The van der Waals surface area contributed by atoms with Crippen LogP contribution in [0.25, 0.3) is 10.6 Å². The predicted octanol–water partition coefficient (Wildman–Crippen LogP) is 3.22. The topological polar surface area (TPSA) is 52.1 Å².